The van der Waals surface area contributed by atoms with Gasteiger partial charge in [0.05, 0.1) is 11.5 Å². The van der Waals surface area contributed by atoms with Gasteiger partial charge in [-0.15, -0.1) is 0 Å². The maximum Gasteiger partial charge on any atom is 0.0848 e. The van der Waals surface area contributed by atoms with Gasteiger partial charge in [0.15, 0.2) is 0 Å². The van der Waals surface area contributed by atoms with E-state index in [2.05, 4.69) is 6.07 Å². The number of rotatable bonds is 3. The Kier molecular flexibility index (Phi) is 3.69. The van der Waals surface area contributed by atoms with E-state index in [0.717, 1.165) is 11.1 Å². The van der Waals surface area contributed by atoms with Gasteiger partial charge in [0, 0.05) is 5.02 Å². The first-order chi connectivity index (χ1) is 8.65. The van der Waals surface area contributed by atoms with Gasteiger partial charge in [-0.1, -0.05) is 60.1 Å². The minimum absolute atomic E-state index is 0.598. The topological polar surface area (TPSA) is 23.8 Å². The van der Waals surface area contributed by atoms with Gasteiger partial charge < -0.3 is 0 Å². The summed E-state index contributed by atoms with van der Waals surface area (Å²) in [4.78, 5) is 0. The third-order valence-electron chi connectivity index (χ3n) is 3.12. The first-order valence-corrected chi connectivity index (χ1v) is 6.24. The Morgan fingerprint density at radius 2 is 1.67 bits per heavy atom. The van der Waals surface area contributed by atoms with Gasteiger partial charge in [-0.25, -0.2) is 0 Å². The number of nitriles is 1. The molecule has 90 valence electrons. The minimum atomic E-state index is -0.598. The van der Waals surface area contributed by atoms with Crippen LogP contribution in [0.15, 0.2) is 54.6 Å². The lowest BCUT2D eigenvalue weighted by Crippen LogP contribution is -2.23. The number of halogens is 1. The quantitative estimate of drug-likeness (QED) is 0.799. The fourth-order valence-electron chi connectivity index (χ4n) is 2.11. The highest BCUT2D eigenvalue weighted by Crippen LogP contribution is 2.32. The van der Waals surface area contributed by atoms with E-state index >= 15 is 0 Å². The third-order valence-corrected chi connectivity index (χ3v) is 3.45. The molecular weight excluding hydrogens is 242 g/mol. The van der Waals surface area contributed by atoms with Gasteiger partial charge in [0.25, 0.3) is 0 Å². The maximum atomic E-state index is 9.52. The van der Waals surface area contributed by atoms with E-state index in [-0.39, 0.29) is 0 Å². The van der Waals surface area contributed by atoms with Crippen molar-refractivity contribution < 1.29 is 0 Å². The van der Waals surface area contributed by atoms with Crippen LogP contribution in [0.3, 0.4) is 0 Å². The average Bonchev–Trinajstić information content (AvgIpc) is 2.40. The highest BCUT2D eigenvalue weighted by atomic mass is 35.5. The summed E-state index contributed by atoms with van der Waals surface area (Å²) in [5.41, 5.74) is 1.43. The van der Waals surface area contributed by atoms with Crippen LogP contribution < -0.4 is 0 Å². The molecule has 2 heteroatoms. The second-order valence-electron chi connectivity index (χ2n) is 4.59. The van der Waals surface area contributed by atoms with Crippen molar-refractivity contribution in [2.24, 2.45) is 0 Å². The third kappa shape index (κ3) is 2.55. The predicted molar refractivity (Wildman–Crippen MR) is 74.6 cm³/mol. The molecule has 2 rings (SSSR count). The molecule has 18 heavy (non-hydrogen) atoms. The molecule has 1 nitrogen and oxygen atoms in total. The summed E-state index contributed by atoms with van der Waals surface area (Å²) in [7, 11) is 0. The normalized spacial score (nSPS) is 13.6. The average molecular weight is 256 g/mol. The Hall–Kier alpha value is -1.78. The summed E-state index contributed by atoms with van der Waals surface area (Å²) in [6, 6.07) is 20.0. The summed E-state index contributed by atoms with van der Waals surface area (Å²) in [5.74, 6) is 0. The van der Waals surface area contributed by atoms with Crippen LogP contribution in [0.1, 0.15) is 18.1 Å². The van der Waals surface area contributed by atoms with E-state index in [0.29, 0.717) is 11.4 Å². The lowest BCUT2D eigenvalue weighted by molar-refractivity contribution is 0.607. The van der Waals surface area contributed by atoms with Crippen LogP contribution in [0.25, 0.3) is 0 Å². The molecule has 2 aromatic carbocycles. The summed E-state index contributed by atoms with van der Waals surface area (Å²) >= 11 is 6.20. The van der Waals surface area contributed by atoms with Gasteiger partial charge in [-0.3, -0.25) is 0 Å². The second kappa shape index (κ2) is 5.25. The van der Waals surface area contributed by atoms with E-state index in [1.165, 1.54) is 0 Å². The Morgan fingerprint density at radius 3 is 2.28 bits per heavy atom. The molecule has 0 unspecified atom stereocenters. The van der Waals surface area contributed by atoms with Gasteiger partial charge in [0.2, 0.25) is 0 Å². The zero-order valence-electron chi connectivity index (χ0n) is 10.2. The van der Waals surface area contributed by atoms with E-state index < -0.39 is 5.41 Å². The van der Waals surface area contributed by atoms with Crippen molar-refractivity contribution in [2.75, 3.05) is 0 Å². The van der Waals surface area contributed by atoms with Crippen LogP contribution in [0, 0.1) is 11.3 Å². The van der Waals surface area contributed by atoms with Gasteiger partial charge in [-0.05, 0) is 30.5 Å². The first-order valence-electron chi connectivity index (χ1n) is 5.86. The molecule has 0 saturated heterocycles. The largest absolute Gasteiger partial charge is 0.197 e. The molecule has 0 saturated carbocycles. The van der Waals surface area contributed by atoms with Crippen LogP contribution in [-0.4, -0.2) is 0 Å². The van der Waals surface area contributed by atoms with Crippen LogP contribution >= 0.6 is 11.6 Å². The second-order valence-corrected chi connectivity index (χ2v) is 4.99. The molecule has 0 aliphatic carbocycles. The fourth-order valence-corrected chi connectivity index (χ4v) is 2.45. The molecule has 0 bridgehead atoms. The van der Waals surface area contributed by atoms with Crippen LogP contribution in [0.4, 0.5) is 0 Å². The maximum absolute atomic E-state index is 9.52. The lowest BCUT2D eigenvalue weighted by Gasteiger charge is -2.23. The zero-order valence-corrected chi connectivity index (χ0v) is 11.0. The Bertz CT molecular complexity index is 571. The molecule has 0 aromatic heterocycles. The number of benzene rings is 2. The molecule has 0 aliphatic rings. The number of nitrogens with zero attached hydrogens (tertiary/aromatic N) is 1. The van der Waals surface area contributed by atoms with Crippen molar-refractivity contribution in [3.8, 4) is 6.07 Å². The molecule has 0 amide bonds. The molecular formula is C16H14ClN. The molecule has 1 atom stereocenters. The predicted octanol–water partition coefficient (Wildman–Crippen LogP) is 4.36. The smallest absolute Gasteiger partial charge is 0.0848 e. The van der Waals surface area contributed by atoms with Crippen molar-refractivity contribution >= 4 is 11.6 Å². The van der Waals surface area contributed by atoms with E-state index in [1.54, 1.807) is 0 Å². The molecule has 0 N–H and O–H groups in total. The first kappa shape index (κ1) is 12.7. The Labute approximate surface area is 113 Å². The SMILES string of the molecule is C[C@@](C#N)(Cc1ccccc1)c1ccccc1Cl. The van der Waals surface area contributed by atoms with Crippen LogP contribution in [-0.2, 0) is 11.8 Å². The van der Waals surface area contributed by atoms with E-state index in [4.69, 9.17) is 11.6 Å². The van der Waals surface area contributed by atoms with Crippen molar-refractivity contribution in [3.05, 3.63) is 70.7 Å². The summed E-state index contributed by atoms with van der Waals surface area (Å²) in [6.45, 7) is 1.93. The lowest BCUT2D eigenvalue weighted by atomic mass is 9.78. The van der Waals surface area contributed by atoms with Crippen molar-refractivity contribution in [2.45, 2.75) is 18.8 Å². The molecule has 0 spiro atoms. The zero-order chi connectivity index (χ0) is 13.0. The monoisotopic (exact) mass is 255 g/mol. The summed E-state index contributed by atoms with van der Waals surface area (Å²) in [5, 5.41) is 10.2. The minimum Gasteiger partial charge on any atom is -0.197 e. The van der Waals surface area contributed by atoms with E-state index in [1.807, 2.05) is 61.5 Å². The Balaban J connectivity index is 2.38. The van der Waals surface area contributed by atoms with Crippen LogP contribution in [0.5, 0.6) is 0 Å². The molecule has 0 aliphatic heterocycles. The Morgan fingerprint density at radius 1 is 1.06 bits per heavy atom. The number of hydrogen-bond donors (Lipinski definition) is 0. The molecule has 0 radical (unpaired) electrons. The van der Waals surface area contributed by atoms with E-state index in [9.17, 15) is 5.26 Å². The van der Waals surface area contributed by atoms with Crippen LogP contribution in [0.2, 0.25) is 5.02 Å². The standard InChI is InChI=1S/C16H14ClN/c1-16(12-18,11-13-7-3-2-4-8-13)14-9-5-6-10-15(14)17/h2-10H,11H2,1H3/t16-/m0/s1. The van der Waals surface area contributed by atoms with Gasteiger partial charge >= 0.3 is 0 Å². The van der Waals surface area contributed by atoms with Crippen molar-refractivity contribution in [1.82, 2.24) is 0 Å². The van der Waals surface area contributed by atoms with Gasteiger partial charge in [-0.2, -0.15) is 5.26 Å². The molecule has 0 heterocycles. The molecule has 0 fully saturated rings. The highest BCUT2D eigenvalue weighted by Gasteiger charge is 2.28. The summed E-state index contributed by atoms with van der Waals surface area (Å²) < 4.78 is 0. The summed E-state index contributed by atoms with van der Waals surface area (Å²) in [6.07, 6.45) is 0.661. The van der Waals surface area contributed by atoms with Crippen molar-refractivity contribution in [3.63, 3.8) is 0 Å². The number of hydrogen-bond acceptors (Lipinski definition) is 1. The fraction of sp³-hybridized carbons (Fsp3) is 0.188. The van der Waals surface area contributed by atoms with Crippen molar-refractivity contribution in [1.29, 1.82) is 5.26 Å². The molecule has 2 aromatic rings. The van der Waals surface area contributed by atoms with Gasteiger partial charge in [0.1, 0.15) is 0 Å². The highest BCUT2D eigenvalue weighted by molar-refractivity contribution is 6.31.